The van der Waals surface area contributed by atoms with Crippen molar-refractivity contribution < 1.29 is 8.42 Å². The summed E-state index contributed by atoms with van der Waals surface area (Å²) in [6, 6.07) is 0. The Kier molecular flexibility index (Phi) is 4.74. The van der Waals surface area contributed by atoms with Gasteiger partial charge in [-0.2, -0.15) is 0 Å². The molecule has 0 atom stereocenters. The van der Waals surface area contributed by atoms with E-state index in [-0.39, 0.29) is 5.41 Å². The highest BCUT2D eigenvalue weighted by Gasteiger charge is 2.18. The van der Waals surface area contributed by atoms with Crippen LogP contribution in [0.3, 0.4) is 0 Å². The van der Waals surface area contributed by atoms with Gasteiger partial charge in [0.2, 0.25) is 10.9 Å². The van der Waals surface area contributed by atoms with E-state index in [0.717, 1.165) is 6.54 Å². The van der Waals surface area contributed by atoms with E-state index in [1.165, 1.54) is 0 Å². The molecule has 5 heteroatoms. The number of rotatable bonds is 5. The first-order chi connectivity index (χ1) is 5.33. The highest BCUT2D eigenvalue weighted by atomic mass is 32.2. The Morgan fingerprint density at radius 1 is 1.33 bits per heavy atom. The van der Waals surface area contributed by atoms with Gasteiger partial charge >= 0.3 is 0 Å². The minimum absolute atomic E-state index is 0.0150. The molecule has 74 valence electrons. The number of nitrogens with zero attached hydrogens (tertiary/aromatic N) is 1. The van der Waals surface area contributed by atoms with Crippen LogP contribution in [0.2, 0.25) is 0 Å². The van der Waals surface area contributed by atoms with Gasteiger partial charge in [0.1, 0.15) is 0 Å². The summed E-state index contributed by atoms with van der Waals surface area (Å²) in [6.07, 6.45) is 0. The van der Waals surface area contributed by atoms with Gasteiger partial charge in [-0.1, -0.05) is 13.8 Å². The Bertz CT molecular complexity index is 192. The third kappa shape index (κ3) is 6.57. The SMILES string of the molecule is CN(C)CC(C)(C)CN[SH](=O)=O. The molecule has 0 fully saturated rings. The van der Waals surface area contributed by atoms with E-state index >= 15 is 0 Å². The maximum absolute atomic E-state index is 10.2. The molecule has 0 saturated heterocycles. The number of hydrogen-bond acceptors (Lipinski definition) is 3. The summed E-state index contributed by atoms with van der Waals surface area (Å²) in [4.78, 5) is 2.04. The van der Waals surface area contributed by atoms with Crippen LogP contribution in [0.4, 0.5) is 0 Å². The van der Waals surface area contributed by atoms with Crippen LogP contribution in [-0.4, -0.2) is 40.5 Å². The van der Waals surface area contributed by atoms with Gasteiger partial charge in [-0.15, -0.1) is 0 Å². The van der Waals surface area contributed by atoms with Crippen LogP contribution in [0.1, 0.15) is 13.8 Å². The molecule has 0 aromatic rings. The van der Waals surface area contributed by atoms with Gasteiger partial charge in [-0.3, -0.25) is 0 Å². The van der Waals surface area contributed by atoms with Crippen molar-refractivity contribution in [1.82, 2.24) is 9.62 Å². The van der Waals surface area contributed by atoms with Crippen molar-refractivity contribution in [3.8, 4) is 0 Å². The van der Waals surface area contributed by atoms with Crippen molar-refractivity contribution in [2.24, 2.45) is 5.41 Å². The Balaban J connectivity index is 3.86. The maximum Gasteiger partial charge on any atom is 0.201 e. The molecule has 4 nitrogen and oxygen atoms in total. The lowest BCUT2D eigenvalue weighted by Crippen LogP contribution is -2.37. The minimum Gasteiger partial charge on any atom is -0.309 e. The second kappa shape index (κ2) is 4.79. The average molecular weight is 194 g/mol. The van der Waals surface area contributed by atoms with E-state index in [1.54, 1.807) is 0 Å². The van der Waals surface area contributed by atoms with Gasteiger partial charge in [-0.25, -0.2) is 13.1 Å². The lowest BCUT2D eigenvalue weighted by atomic mass is 9.93. The summed E-state index contributed by atoms with van der Waals surface area (Å²) < 4.78 is 22.9. The van der Waals surface area contributed by atoms with Crippen LogP contribution in [0, 0.1) is 5.41 Å². The molecule has 12 heavy (non-hydrogen) atoms. The summed E-state index contributed by atoms with van der Waals surface area (Å²) in [5.74, 6) is 0. The molecular weight excluding hydrogens is 176 g/mol. The van der Waals surface area contributed by atoms with Gasteiger partial charge in [0.25, 0.3) is 0 Å². The highest BCUT2D eigenvalue weighted by Crippen LogP contribution is 2.13. The Morgan fingerprint density at radius 2 is 1.83 bits per heavy atom. The van der Waals surface area contributed by atoms with Gasteiger partial charge in [-0.05, 0) is 19.5 Å². The summed E-state index contributed by atoms with van der Waals surface area (Å²) >= 11 is 0. The van der Waals surface area contributed by atoms with Crippen molar-refractivity contribution >= 4 is 10.9 Å². The highest BCUT2D eigenvalue weighted by molar-refractivity contribution is 7.70. The number of nitrogens with one attached hydrogen (secondary N) is 1. The Labute approximate surface area is 76.0 Å². The maximum atomic E-state index is 10.2. The van der Waals surface area contributed by atoms with Crippen LogP contribution >= 0.6 is 0 Å². The van der Waals surface area contributed by atoms with E-state index in [2.05, 4.69) is 4.72 Å². The van der Waals surface area contributed by atoms with E-state index in [1.807, 2.05) is 32.8 Å². The molecule has 0 rings (SSSR count). The molecule has 0 aromatic carbocycles. The monoisotopic (exact) mass is 194 g/mol. The van der Waals surface area contributed by atoms with Gasteiger partial charge in [0, 0.05) is 13.1 Å². The molecule has 0 heterocycles. The third-order valence-corrected chi connectivity index (χ3v) is 1.85. The molecule has 0 aliphatic rings. The van der Waals surface area contributed by atoms with E-state index in [0.29, 0.717) is 6.54 Å². The molecule has 0 aliphatic carbocycles. The zero-order valence-corrected chi connectivity index (χ0v) is 9.02. The van der Waals surface area contributed by atoms with Crippen LogP contribution < -0.4 is 4.72 Å². The summed E-state index contributed by atoms with van der Waals surface area (Å²) in [6.45, 7) is 5.41. The first-order valence-electron chi connectivity index (χ1n) is 3.86. The van der Waals surface area contributed by atoms with Crippen LogP contribution in [0.5, 0.6) is 0 Å². The second-order valence-corrected chi connectivity index (χ2v) is 4.82. The average Bonchev–Trinajstić information content (AvgIpc) is 1.81. The van der Waals surface area contributed by atoms with Crippen molar-refractivity contribution in [3.05, 3.63) is 0 Å². The van der Waals surface area contributed by atoms with Crippen molar-refractivity contribution in [3.63, 3.8) is 0 Å². The number of thiol groups is 1. The van der Waals surface area contributed by atoms with Crippen molar-refractivity contribution in [1.29, 1.82) is 0 Å². The molecule has 0 saturated carbocycles. The number of hydrogen-bond donors (Lipinski definition) is 2. The molecular formula is C7H18N2O2S. The fourth-order valence-corrected chi connectivity index (χ4v) is 1.75. The Morgan fingerprint density at radius 3 is 2.17 bits per heavy atom. The largest absolute Gasteiger partial charge is 0.309 e. The molecule has 0 bridgehead atoms. The van der Waals surface area contributed by atoms with Crippen LogP contribution in [0.25, 0.3) is 0 Å². The fourth-order valence-electron chi connectivity index (χ4n) is 1.19. The first-order valence-corrected chi connectivity index (χ1v) is 5.04. The lowest BCUT2D eigenvalue weighted by Gasteiger charge is -2.27. The molecule has 0 amide bonds. The molecule has 1 N–H and O–H groups in total. The zero-order chi connectivity index (χ0) is 9.78. The summed E-state index contributed by atoms with van der Waals surface area (Å²) in [5.41, 5.74) is -0.0150. The molecule has 0 aromatic heterocycles. The lowest BCUT2D eigenvalue weighted by molar-refractivity contribution is 0.243. The van der Waals surface area contributed by atoms with Crippen LogP contribution in [-0.2, 0) is 10.9 Å². The van der Waals surface area contributed by atoms with E-state index in [4.69, 9.17) is 0 Å². The normalized spacial score (nSPS) is 12.8. The van der Waals surface area contributed by atoms with Crippen molar-refractivity contribution in [2.75, 3.05) is 27.2 Å². The zero-order valence-electron chi connectivity index (χ0n) is 8.13. The smallest absolute Gasteiger partial charge is 0.201 e. The fraction of sp³-hybridized carbons (Fsp3) is 1.00. The quantitative estimate of drug-likeness (QED) is 0.590. The van der Waals surface area contributed by atoms with E-state index in [9.17, 15) is 8.42 Å². The second-order valence-electron chi connectivity index (χ2n) is 3.99. The van der Waals surface area contributed by atoms with Gasteiger partial charge in [0.05, 0.1) is 0 Å². The van der Waals surface area contributed by atoms with Gasteiger partial charge in [0.15, 0.2) is 0 Å². The molecule has 0 aliphatic heterocycles. The topological polar surface area (TPSA) is 49.4 Å². The standard InChI is InChI=1S/C7H18N2O2S/c1-7(2,6-9(3)4)5-8-12(10)11/h12H,5-6H2,1-4H3,(H,8,10,11). The summed E-state index contributed by atoms with van der Waals surface area (Å²) in [5, 5.41) is 0. The molecule has 0 spiro atoms. The predicted octanol–water partition coefficient (Wildman–Crippen LogP) is -0.310. The first kappa shape index (κ1) is 11.9. The third-order valence-electron chi connectivity index (χ3n) is 1.43. The Hall–Kier alpha value is -0.130. The van der Waals surface area contributed by atoms with Gasteiger partial charge < -0.3 is 4.90 Å². The van der Waals surface area contributed by atoms with E-state index < -0.39 is 10.9 Å². The molecule has 0 unspecified atom stereocenters. The van der Waals surface area contributed by atoms with Crippen LogP contribution in [0.15, 0.2) is 0 Å². The van der Waals surface area contributed by atoms with Crippen molar-refractivity contribution in [2.45, 2.75) is 13.8 Å². The summed E-state index contributed by atoms with van der Waals surface area (Å²) in [7, 11) is 1.48. The minimum atomic E-state index is -2.46. The molecule has 0 radical (unpaired) electrons. The predicted molar refractivity (Wildman–Crippen MR) is 50.7 cm³/mol.